The molecule has 0 aliphatic carbocycles. The lowest BCUT2D eigenvalue weighted by Crippen LogP contribution is -2.14. The normalized spacial score (nSPS) is 17.7. The van der Waals surface area contributed by atoms with E-state index in [9.17, 15) is 0 Å². The molecule has 26 heavy (non-hydrogen) atoms. The lowest BCUT2D eigenvalue weighted by Gasteiger charge is -2.26. The number of rotatable bonds is 18. The Kier molecular flexibility index (Phi) is 17.1. The molecule has 0 nitrogen and oxygen atoms in total. The van der Waals surface area contributed by atoms with Gasteiger partial charge in [-0.05, 0) is 42.4 Å². The van der Waals surface area contributed by atoms with E-state index in [1.54, 1.807) is 0 Å². The zero-order valence-electron chi connectivity index (χ0n) is 19.8. The van der Waals surface area contributed by atoms with Crippen LogP contribution in [0.4, 0.5) is 0 Å². The molecule has 0 radical (unpaired) electrons. The van der Waals surface area contributed by atoms with Gasteiger partial charge in [0.2, 0.25) is 0 Å². The third kappa shape index (κ3) is 14.1. The summed E-state index contributed by atoms with van der Waals surface area (Å²) >= 11 is 0. The summed E-state index contributed by atoms with van der Waals surface area (Å²) in [5.74, 6) is 4.64. The van der Waals surface area contributed by atoms with Gasteiger partial charge in [0.25, 0.3) is 0 Å². The van der Waals surface area contributed by atoms with Crippen molar-refractivity contribution in [1.29, 1.82) is 0 Å². The summed E-state index contributed by atoms with van der Waals surface area (Å²) in [6.07, 6.45) is 20.1. The molecule has 0 saturated carbocycles. The summed E-state index contributed by atoms with van der Waals surface area (Å²) in [5.41, 5.74) is 0. The average Bonchev–Trinajstić information content (AvgIpc) is 2.60. The van der Waals surface area contributed by atoms with Crippen LogP contribution in [0.15, 0.2) is 0 Å². The van der Waals surface area contributed by atoms with E-state index in [-0.39, 0.29) is 0 Å². The van der Waals surface area contributed by atoms with Crippen LogP contribution in [0.2, 0.25) is 0 Å². The molecule has 0 spiro atoms. The second-order valence-corrected chi connectivity index (χ2v) is 9.83. The van der Waals surface area contributed by atoms with E-state index >= 15 is 0 Å². The van der Waals surface area contributed by atoms with Crippen LogP contribution < -0.4 is 0 Å². The molecule has 0 heterocycles. The van der Waals surface area contributed by atoms with Crippen molar-refractivity contribution in [1.82, 2.24) is 0 Å². The van der Waals surface area contributed by atoms with Crippen LogP contribution >= 0.6 is 0 Å². The molecule has 0 aliphatic rings. The highest BCUT2D eigenvalue weighted by Gasteiger charge is 2.18. The van der Waals surface area contributed by atoms with Crippen LogP contribution in [-0.4, -0.2) is 0 Å². The van der Waals surface area contributed by atoms with E-state index in [1.807, 2.05) is 0 Å². The highest BCUT2D eigenvalue weighted by Crippen LogP contribution is 2.30. The molecule has 0 amide bonds. The van der Waals surface area contributed by atoms with Gasteiger partial charge in [0.05, 0.1) is 0 Å². The lowest BCUT2D eigenvalue weighted by atomic mass is 9.80. The van der Waals surface area contributed by atoms with Crippen LogP contribution in [0, 0.1) is 29.6 Å². The first kappa shape index (κ1) is 26.0. The second kappa shape index (κ2) is 17.1. The third-order valence-corrected chi connectivity index (χ3v) is 6.93. The summed E-state index contributed by atoms with van der Waals surface area (Å²) < 4.78 is 0. The van der Waals surface area contributed by atoms with Gasteiger partial charge in [-0.15, -0.1) is 0 Å². The Bertz CT molecular complexity index is 282. The summed E-state index contributed by atoms with van der Waals surface area (Å²) in [5, 5.41) is 0. The van der Waals surface area contributed by atoms with Gasteiger partial charge in [-0.2, -0.15) is 0 Å². The van der Waals surface area contributed by atoms with Gasteiger partial charge in [0.15, 0.2) is 0 Å². The summed E-state index contributed by atoms with van der Waals surface area (Å²) in [4.78, 5) is 0. The maximum Gasteiger partial charge on any atom is -0.0391 e. The first-order valence-corrected chi connectivity index (χ1v) is 12.4. The van der Waals surface area contributed by atoms with Crippen molar-refractivity contribution in [2.75, 3.05) is 0 Å². The Labute approximate surface area is 168 Å². The highest BCUT2D eigenvalue weighted by molar-refractivity contribution is 4.69. The van der Waals surface area contributed by atoms with Crippen molar-refractivity contribution in [3.05, 3.63) is 0 Å². The molecule has 0 bridgehead atoms. The largest absolute Gasteiger partial charge is 0.0654 e. The van der Waals surface area contributed by atoms with Gasteiger partial charge in [-0.1, -0.05) is 126 Å². The molecule has 0 aromatic carbocycles. The molecule has 0 aliphatic heterocycles. The molecular weight excluding hydrogens is 312 g/mol. The number of hydrogen-bond donors (Lipinski definition) is 0. The van der Waals surface area contributed by atoms with Crippen molar-refractivity contribution in [2.24, 2.45) is 29.6 Å². The molecular formula is C26H54. The molecule has 5 unspecified atom stereocenters. The minimum atomic E-state index is 0.912. The monoisotopic (exact) mass is 366 g/mol. The van der Waals surface area contributed by atoms with Crippen LogP contribution in [0.1, 0.15) is 138 Å². The summed E-state index contributed by atoms with van der Waals surface area (Å²) in [6.45, 7) is 17.0. The van der Waals surface area contributed by atoms with Gasteiger partial charge in [-0.3, -0.25) is 0 Å². The number of unbranched alkanes of at least 4 members (excludes halogenated alkanes) is 5. The van der Waals surface area contributed by atoms with Crippen LogP contribution in [-0.2, 0) is 0 Å². The van der Waals surface area contributed by atoms with Gasteiger partial charge in [0, 0.05) is 0 Å². The first-order valence-electron chi connectivity index (χ1n) is 12.4. The molecule has 0 aromatic heterocycles. The molecule has 0 rings (SSSR count). The molecule has 158 valence electrons. The zero-order chi connectivity index (χ0) is 19.8. The van der Waals surface area contributed by atoms with E-state index in [2.05, 4.69) is 48.5 Å². The van der Waals surface area contributed by atoms with Gasteiger partial charge in [-0.25, -0.2) is 0 Å². The van der Waals surface area contributed by atoms with Crippen LogP contribution in [0.5, 0.6) is 0 Å². The van der Waals surface area contributed by atoms with Gasteiger partial charge in [0.1, 0.15) is 0 Å². The smallest absolute Gasteiger partial charge is 0.0391 e. The topological polar surface area (TPSA) is 0 Å². The van der Waals surface area contributed by atoms with E-state index < -0.39 is 0 Å². The van der Waals surface area contributed by atoms with Gasteiger partial charge < -0.3 is 0 Å². The molecule has 0 fully saturated rings. The molecule has 0 aromatic rings. The minimum Gasteiger partial charge on any atom is -0.0654 e. The standard InChI is InChI=1S/C26H54/c1-8-11-12-13-14-15-19-26(10-3)25(7)21-24(6)18-16-17-23(5)20-22(4)9-2/h22-26H,8-21H2,1-7H3. The van der Waals surface area contributed by atoms with Crippen molar-refractivity contribution in [2.45, 2.75) is 138 Å². The predicted molar refractivity (Wildman–Crippen MR) is 122 cm³/mol. The van der Waals surface area contributed by atoms with Crippen molar-refractivity contribution >= 4 is 0 Å². The SMILES string of the molecule is CCCCCCCCC(CC)C(C)CC(C)CCCC(C)CC(C)CC. The molecule has 0 N–H and O–H groups in total. The zero-order valence-corrected chi connectivity index (χ0v) is 19.8. The fourth-order valence-electron chi connectivity index (χ4n) is 4.81. The van der Waals surface area contributed by atoms with E-state index in [4.69, 9.17) is 0 Å². The average molecular weight is 367 g/mol. The van der Waals surface area contributed by atoms with Crippen molar-refractivity contribution in [3.8, 4) is 0 Å². The number of hydrogen-bond acceptors (Lipinski definition) is 0. The Hall–Kier alpha value is 0. The van der Waals surface area contributed by atoms with E-state index in [1.165, 1.54) is 89.9 Å². The van der Waals surface area contributed by atoms with Crippen LogP contribution in [0.25, 0.3) is 0 Å². The van der Waals surface area contributed by atoms with Crippen molar-refractivity contribution in [3.63, 3.8) is 0 Å². The van der Waals surface area contributed by atoms with E-state index in [0.29, 0.717) is 0 Å². The fourth-order valence-corrected chi connectivity index (χ4v) is 4.81. The predicted octanol–water partition coefficient (Wildman–Crippen LogP) is 9.67. The minimum absolute atomic E-state index is 0.912. The summed E-state index contributed by atoms with van der Waals surface area (Å²) in [6, 6.07) is 0. The molecule has 0 heteroatoms. The maximum absolute atomic E-state index is 2.54. The lowest BCUT2D eigenvalue weighted by molar-refractivity contribution is 0.255. The van der Waals surface area contributed by atoms with Crippen LogP contribution in [0.3, 0.4) is 0 Å². The summed E-state index contributed by atoms with van der Waals surface area (Å²) in [7, 11) is 0. The Morgan fingerprint density at radius 2 is 1.08 bits per heavy atom. The van der Waals surface area contributed by atoms with Crippen molar-refractivity contribution < 1.29 is 0 Å². The first-order chi connectivity index (χ1) is 12.4. The third-order valence-electron chi connectivity index (χ3n) is 6.93. The molecule has 5 atom stereocenters. The van der Waals surface area contributed by atoms with Gasteiger partial charge >= 0.3 is 0 Å². The quantitative estimate of drug-likeness (QED) is 0.212. The Morgan fingerprint density at radius 1 is 0.500 bits per heavy atom. The highest BCUT2D eigenvalue weighted by atomic mass is 14.2. The van der Waals surface area contributed by atoms with E-state index in [0.717, 1.165) is 29.6 Å². The maximum atomic E-state index is 2.54. The fraction of sp³-hybridized carbons (Fsp3) is 1.00. The Balaban J connectivity index is 3.89. The second-order valence-electron chi connectivity index (χ2n) is 9.83. The molecule has 0 saturated heterocycles. The Morgan fingerprint density at radius 3 is 1.65 bits per heavy atom.